The van der Waals surface area contributed by atoms with Crippen molar-refractivity contribution in [3.8, 4) is 6.07 Å². The van der Waals surface area contributed by atoms with E-state index >= 15 is 0 Å². The van der Waals surface area contributed by atoms with Gasteiger partial charge >= 0.3 is 0 Å². The molecule has 1 aromatic heterocycles. The summed E-state index contributed by atoms with van der Waals surface area (Å²) >= 11 is 12.1. The zero-order chi connectivity index (χ0) is 14.1. The van der Waals surface area contributed by atoms with E-state index in [0.29, 0.717) is 27.2 Å². The number of nitrogens with one attached hydrogen (secondary N) is 2. The molecule has 6 heteroatoms. The topological polar surface area (TPSA) is 64.5 Å². The van der Waals surface area contributed by atoms with Crippen molar-refractivity contribution in [1.29, 1.82) is 5.26 Å². The number of halogens is 2. The van der Waals surface area contributed by atoms with Crippen molar-refractivity contribution < 1.29 is 0 Å². The largest absolute Gasteiger partial charge is 0.324 e. The maximum Gasteiger partial charge on any atom is 0.205 e. The molecule has 0 saturated carbocycles. The molecule has 1 heterocycles. The monoisotopic (exact) mass is 302 g/mol. The Morgan fingerprint density at radius 1 is 1.20 bits per heavy atom. The highest BCUT2D eigenvalue weighted by molar-refractivity contribution is 6.43. The minimum atomic E-state index is 0.437. The third kappa shape index (κ3) is 2.29. The molecule has 0 saturated heterocycles. The Morgan fingerprint density at radius 2 is 2.05 bits per heavy atom. The lowest BCUT2D eigenvalue weighted by atomic mass is 10.2. The summed E-state index contributed by atoms with van der Waals surface area (Å²) in [7, 11) is 0. The molecule has 0 aliphatic heterocycles. The highest BCUT2D eigenvalue weighted by Gasteiger charge is 2.08. The first-order chi connectivity index (χ1) is 9.67. The number of aromatic nitrogens is 2. The van der Waals surface area contributed by atoms with E-state index < -0.39 is 0 Å². The first-order valence-corrected chi connectivity index (χ1v) is 6.54. The van der Waals surface area contributed by atoms with Gasteiger partial charge in [0, 0.05) is 0 Å². The minimum absolute atomic E-state index is 0.437. The van der Waals surface area contributed by atoms with Crippen molar-refractivity contribution in [2.75, 3.05) is 5.32 Å². The van der Waals surface area contributed by atoms with Crippen LogP contribution in [0.1, 0.15) is 5.56 Å². The Kier molecular flexibility index (Phi) is 3.23. The lowest BCUT2D eigenvalue weighted by Gasteiger charge is -2.05. The molecule has 0 amide bonds. The van der Waals surface area contributed by atoms with Gasteiger partial charge in [-0.25, -0.2) is 4.98 Å². The Balaban J connectivity index is 1.99. The predicted octanol–water partition coefficient (Wildman–Crippen LogP) is 4.48. The van der Waals surface area contributed by atoms with Crippen LogP contribution in [-0.4, -0.2) is 9.97 Å². The number of aromatic amines is 1. The van der Waals surface area contributed by atoms with Crippen molar-refractivity contribution in [3.63, 3.8) is 0 Å². The molecule has 0 fully saturated rings. The van der Waals surface area contributed by atoms with Crippen molar-refractivity contribution in [2.45, 2.75) is 0 Å². The molecule has 20 heavy (non-hydrogen) atoms. The number of nitriles is 1. The fraction of sp³-hybridized carbons (Fsp3) is 0. The quantitative estimate of drug-likeness (QED) is 0.733. The molecule has 0 unspecified atom stereocenters. The number of benzene rings is 2. The highest BCUT2D eigenvalue weighted by Crippen LogP contribution is 2.31. The van der Waals surface area contributed by atoms with Gasteiger partial charge in [-0.15, -0.1) is 0 Å². The number of anilines is 2. The molecule has 0 aliphatic rings. The molecule has 0 spiro atoms. The molecule has 4 nitrogen and oxygen atoms in total. The fourth-order valence-corrected chi connectivity index (χ4v) is 2.21. The summed E-state index contributed by atoms with van der Waals surface area (Å²) in [5.74, 6) is 0.541. The van der Waals surface area contributed by atoms with Gasteiger partial charge in [0.1, 0.15) is 0 Å². The second-order valence-electron chi connectivity index (χ2n) is 4.16. The molecule has 0 radical (unpaired) electrons. The summed E-state index contributed by atoms with van der Waals surface area (Å²) in [6.45, 7) is 0. The van der Waals surface area contributed by atoms with E-state index in [0.717, 1.165) is 11.0 Å². The maximum atomic E-state index is 8.87. The Morgan fingerprint density at radius 3 is 2.85 bits per heavy atom. The predicted molar refractivity (Wildman–Crippen MR) is 80.6 cm³/mol. The fourth-order valence-electron chi connectivity index (χ4n) is 1.87. The van der Waals surface area contributed by atoms with Crippen molar-refractivity contribution in [2.24, 2.45) is 0 Å². The van der Waals surface area contributed by atoms with Crippen LogP contribution in [0, 0.1) is 11.3 Å². The molecule has 0 atom stereocenters. The van der Waals surface area contributed by atoms with E-state index in [-0.39, 0.29) is 0 Å². The summed E-state index contributed by atoms with van der Waals surface area (Å²) in [6.07, 6.45) is 0. The van der Waals surface area contributed by atoms with Gasteiger partial charge in [0.25, 0.3) is 0 Å². The summed E-state index contributed by atoms with van der Waals surface area (Å²) in [5.41, 5.74) is 2.79. The number of hydrogen-bond acceptors (Lipinski definition) is 3. The maximum absolute atomic E-state index is 8.87. The second-order valence-corrected chi connectivity index (χ2v) is 4.94. The van der Waals surface area contributed by atoms with Crippen LogP contribution in [0.15, 0.2) is 36.4 Å². The normalized spacial score (nSPS) is 10.4. The van der Waals surface area contributed by atoms with Gasteiger partial charge in [-0.05, 0) is 30.3 Å². The van der Waals surface area contributed by atoms with Gasteiger partial charge in [0.05, 0.1) is 38.4 Å². The SMILES string of the molecule is N#Cc1ccc2nc(Nc3cccc(Cl)c3Cl)[nH]c2c1. The zero-order valence-electron chi connectivity index (χ0n) is 10.1. The molecular weight excluding hydrogens is 295 g/mol. The number of imidazole rings is 1. The van der Waals surface area contributed by atoms with E-state index in [2.05, 4.69) is 21.4 Å². The number of hydrogen-bond donors (Lipinski definition) is 2. The van der Waals surface area contributed by atoms with Crippen LogP contribution in [-0.2, 0) is 0 Å². The van der Waals surface area contributed by atoms with Gasteiger partial charge < -0.3 is 10.3 Å². The molecule has 0 bridgehead atoms. The zero-order valence-corrected chi connectivity index (χ0v) is 11.6. The third-order valence-corrected chi connectivity index (χ3v) is 3.63. The van der Waals surface area contributed by atoms with Crippen molar-refractivity contribution >= 4 is 45.9 Å². The summed E-state index contributed by atoms with van der Waals surface area (Å²) < 4.78 is 0. The van der Waals surface area contributed by atoms with Gasteiger partial charge in [-0.3, -0.25) is 0 Å². The summed E-state index contributed by atoms with van der Waals surface area (Å²) in [6, 6.07) is 12.7. The van der Waals surface area contributed by atoms with Crippen LogP contribution in [0.5, 0.6) is 0 Å². The van der Waals surface area contributed by atoms with Crippen LogP contribution >= 0.6 is 23.2 Å². The first-order valence-electron chi connectivity index (χ1n) is 5.78. The third-order valence-electron chi connectivity index (χ3n) is 2.82. The number of rotatable bonds is 2. The Bertz CT molecular complexity index is 833. The Labute approximate surface area is 125 Å². The lowest BCUT2D eigenvalue weighted by Crippen LogP contribution is -1.93. The van der Waals surface area contributed by atoms with E-state index in [1.807, 2.05) is 6.07 Å². The van der Waals surface area contributed by atoms with E-state index in [1.165, 1.54) is 0 Å². The van der Waals surface area contributed by atoms with E-state index in [4.69, 9.17) is 28.5 Å². The average Bonchev–Trinajstić information content (AvgIpc) is 2.85. The molecular formula is C14H8Cl2N4. The smallest absolute Gasteiger partial charge is 0.205 e. The lowest BCUT2D eigenvalue weighted by molar-refractivity contribution is 1.31. The van der Waals surface area contributed by atoms with Crippen LogP contribution < -0.4 is 5.32 Å². The van der Waals surface area contributed by atoms with Gasteiger partial charge in [0.15, 0.2) is 0 Å². The van der Waals surface area contributed by atoms with Crippen molar-refractivity contribution in [1.82, 2.24) is 9.97 Å². The van der Waals surface area contributed by atoms with Crippen LogP contribution in [0.2, 0.25) is 10.0 Å². The first kappa shape index (κ1) is 12.8. The number of nitrogens with zero attached hydrogens (tertiary/aromatic N) is 2. The van der Waals surface area contributed by atoms with Crippen molar-refractivity contribution in [3.05, 3.63) is 52.0 Å². The van der Waals surface area contributed by atoms with Gasteiger partial charge in [-0.2, -0.15) is 5.26 Å². The molecule has 3 aromatic rings. The second kappa shape index (κ2) is 5.04. The minimum Gasteiger partial charge on any atom is -0.324 e. The average molecular weight is 303 g/mol. The van der Waals surface area contributed by atoms with E-state index in [1.54, 1.807) is 30.3 Å². The molecule has 98 valence electrons. The molecule has 3 rings (SSSR count). The van der Waals surface area contributed by atoms with E-state index in [9.17, 15) is 0 Å². The van der Waals surface area contributed by atoms with Crippen LogP contribution in [0.25, 0.3) is 11.0 Å². The van der Waals surface area contributed by atoms with Crippen LogP contribution in [0.4, 0.5) is 11.6 Å². The number of H-pyrrole nitrogens is 1. The summed E-state index contributed by atoms with van der Waals surface area (Å²) in [5, 5.41) is 12.9. The molecule has 0 aliphatic carbocycles. The van der Waals surface area contributed by atoms with Gasteiger partial charge in [-0.1, -0.05) is 29.3 Å². The molecule has 2 aromatic carbocycles. The van der Waals surface area contributed by atoms with Gasteiger partial charge in [0.2, 0.25) is 5.95 Å². The highest BCUT2D eigenvalue weighted by atomic mass is 35.5. The Hall–Kier alpha value is -2.22. The van der Waals surface area contributed by atoms with Crippen LogP contribution in [0.3, 0.4) is 0 Å². The standard InChI is InChI=1S/C14H8Cl2N4/c15-9-2-1-3-11(13(9)16)19-14-18-10-5-4-8(7-17)6-12(10)20-14/h1-6H,(H2,18,19,20). The number of fused-ring (bicyclic) bond motifs is 1. The molecule has 2 N–H and O–H groups in total. The summed E-state index contributed by atoms with van der Waals surface area (Å²) in [4.78, 5) is 7.47.